The van der Waals surface area contributed by atoms with Gasteiger partial charge in [0.05, 0.1) is 0 Å². The number of carbonyl (C=O) groups excluding carboxylic acids is 3. The zero-order valence-corrected chi connectivity index (χ0v) is 14.1. The second-order valence-electron chi connectivity index (χ2n) is 6.13. The van der Waals surface area contributed by atoms with Crippen molar-refractivity contribution in [2.45, 2.75) is 38.8 Å². The Kier molecular flexibility index (Phi) is 4.70. The molecule has 1 aliphatic carbocycles. The molecule has 0 saturated heterocycles. The van der Waals surface area contributed by atoms with Crippen molar-refractivity contribution in [1.29, 1.82) is 0 Å². The number of carbonyl (C=O) groups is 3. The molecule has 1 fully saturated rings. The monoisotopic (exact) mass is 341 g/mol. The molecule has 1 saturated carbocycles. The smallest absolute Gasteiger partial charge is 0.375 e. The molecular formula is C19H19NO5. The summed E-state index contributed by atoms with van der Waals surface area (Å²) < 4.78 is 10.7. The molecule has 130 valence electrons. The van der Waals surface area contributed by atoms with Gasteiger partial charge in [-0.05, 0) is 38.8 Å². The van der Waals surface area contributed by atoms with Crippen LogP contribution in [0.5, 0.6) is 0 Å². The van der Waals surface area contributed by atoms with Gasteiger partial charge in [-0.3, -0.25) is 9.59 Å². The summed E-state index contributed by atoms with van der Waals surface area (Å²) in [7, 11) is 0. The van der Waals surface area contributed by atoms with Crippen LogP contribution in [0.3, 0.4) is 0 Å². The number of ketones is 1. The first-order chi connectivity index (χ1) is 11.9. The molecule has 3 rings (SSSR count). The number of furan rings is 1. The molecule has 6 nitrogen and oxygen atoms in total. The zero-order chi connectivity index (χ0) is 18.0. The Morgan fingerprint density at radius 1 is 1.12 bits per heavy atom. The van der Waals surface area contributed by atoms with Gasteiger partial charge in [-0.2, -0.15) is 0 Å². The van der Waals surface area contributed by atoms with Crippen LogP contribution in [-0.4, -0.2) is 29.8 Å². The molecule has 6 heteroatoms. The summed E-state index contributed by atoms with van der Waals surface area (Å²) in [5, 5.41) is 2.78. The lowest BCUT2D eigenvalue weighted by molar-refractivity contribution is -0.129. The number of nitrogens with one attached hydrogen (secondary N) is 1. The Balaban J connectivity index is 1.64. The minimum absolute atomic E-state index is 0.0197. The van der Waals surface area contributed by atoms with E-state index >= 15 is 0 Å². The van der Waals surface area contributed by atoms with Crippen LogP contribution in [0.15, 0.2) is 40.8 Å². The van der Waals surface area contributed by atoms with Gasteiger partial charge in [0, 0.05) is 17.2 Å². The van der Waals surface area contributed by atoms with Gasteiger partial charge in [0.2, 0.25) is 5.76 Å². The molecule has 0 spiro atoms. The first kappa shape index (κ1) is 17.0. The molecule has 0 bridgehead atoms. The molecule has 1 heterocycles. The fourth-order valence-electron chi connectivity index (χ4n) is 2.29. The van der Waals surface area contributed by atoms with Gasteiger partial charge in [0.25, 0.3) is 5.91 Å². The summed E-state index contributed by atoms with van der Waals surface area (Å²) in [5.74, 6) is -0.505. The van der Waals surface area contributed by atoms with Crippen molar-refractivity contribution in [3.8, 4) is 11.3 Å². The fraction of sp³-hybridized carbons (Fsp3) is 0.316. The molecule has 0 aliphatic heterocycles. The van der Waals surface area contributed by atoms with Crippen molar-refractivity contribution in [3.63, 3.8) is 0 Å². The van der Waals surface area contributed by atoms with Gasteiger partial charge in [-0.1, -0.05) is 24.3 Å². The summed E-state index contributed by atoms with van der Waals surface area (Å²) in [6.07, 6.45) is 1.06. The van der Waals surface area contributed by atoms with Crippen molar-refractivity contribution in [2.75, 3.05) is 0 Å². The van der Waals surface area contributed by atoms with E-state index in [0.717, 1.165) is 18.4 Å². The Bertz CT molecular complexity index is 801. The number of amides is 1. The van der Waals surface area contributed by atoms with Crippen molar-refractivity contribution < 1.29 is 23.5 Å². The maximum absolute atomic E-state index is 12.1. The minimum Gasteiger partial charge on any atom is -0.449 e. The molecular weight excluding hydrogens is 322 g/mol. The van der Waals surface area contributed by atoms with Crippen LogP contribution in [0.4, 0.5) is 0 Å². The normalized spacial score (nSPS) is 14.6. The average molecular weight is 341 g/mol. The van der Waals surface area contributed by atoms with Crippen molar-refractivity contribution in [3.05, 3.63) is 47.7 Å². The van der Waals surface area contributed by atoms with Crippen LogP contribution in [0.2, 0.25) is 0 Å². The number of hydrogen-bond acceptors (Lipinski definition) is 5. The van der Waals surface area contributed by atoms with E-state index in [1.54, 1.807) is 30.3 Å². The van der Waals surface area contributed by atoms with Crippen LogP contribution in [0.25, 0.3) is 11.3 Å². The van der Waals surface area contributed by atoms with Crippen LogP contribution in [-0.2, 0) is 9.53 Å². The first-order valence-electron chi connectivity index (χ1n) is 8.16. The van der Waals surface area contributed by atoms with E-state index in [1.165, 1.54) is 19.9 Å². The largest absolute Gasteiger partial charge is 0.449 e. The Morgan fingerprint density at radius 2 is 1.80 bits per heavy atom. The molecule has 1 atom stereocenters. The van der Waals surface area contributed by atoms with Crippen LogP contribution in [0.1, 0.15) is 47.6 Å². The number of rotatable bonds is 6. The lowest BCUT2D eigenvalue weighted by atomic mass is 10.1. The standard InChI is InChI=1S/C19H19NO5/c1-11(21)13-3-5-14(6-4-13)16-9-10-17(25-16)19(23)24-12(2)18(22)20-15-7-8-15/h3-6,9-10,12,15H,7-8H2,1-2H3,(H,20,22)/t12-/m0/s1. The van der Waals surface area contributed by atoms with E-state index in [0.29, 0.717) is 11.3 Å². The predicted molar refractivity (Wildman–Crippen MR) is 90.2 cm³/mol. The number of ether oxygens (including phenoxy) is 1. The topological polar surface area (TPSA) is 85.6 Å². The van der Waals surface area contributed by atoms with Crippen molar-refractivity contribution >= 4 is 17.7 Å². The van der Waals surface area contributed by atoms with Crippen LogP contribution in [0, 0.1) is 0 Å². The van der Waals surface area contributed by atoms with E-state index in [4.69, 9.17) is 9.15 Å². The Morgan fingerprint density at radius 3 is 2.40 bits per heavy atom. The molecule has 1 amide bonds. The molecule has 1 aromatic carbocycles. The van der Waals surface area contributed by atoms with E-state index in [9.17, 15) is 14.4 Å². The molecule has 0 unspecified atom stereocenters. The summed E-state index contributed by atoms with van der Waals surface area (Å²) in [4.78, 5) is 35.2. The summed E-state index contributed by atoms with van der Waals surface area (Å²) in [6.45, 7) is 3.02. The number of Topliss-reactive ketones (excluding diaryl/α,β-unsaturated/α-hetero) is 1. The summed E-state index contributed by atoms with van der Waals surface area (Å²) in [5.41, 5.74) is 1.34. The molecule has 1 N–H and O–H groups in total. The lowest BCUT2D eigenvalue weighted by Crippen LogP contribution is -2.37. The highest BCUT2D eigenvalue weighted by Gasteiger charge is 2.28. The second kappa shape index (κ2) is 6.93. The highest BCUT2D eigenvalue weighted by molar-refractivity contribution is 5.94. The quantitative estimate of drug-likeness (QED) is 0.645. The molecule has 2 aromatic rings. The Labute approximate surface area is 145 Å². The number of benzene rings is 1. The average Bonchev–Trinajstić information content (AvgIpc) is 3.26. The predicted octanol–water partition coefficient (Wildman–Crippen LogP) is 2.97. The van der Waals surface area contributed by atoms with Gasteiger partial charge in [-0.25, -0.2) is 4.79 Å². The van der Waals surface area contributed by atoms with Crippen molar-refractivity contribution in [1.82, 2.24) is 5.32 Å². The summed E-state index contributed by atoms with van der Waals surface area (Å²) in [6, 6.07) is 10.2. The third-order valence-electron chi connectivity index (χ3n) is 3.96. The fourth-order valence-corrected chi connectivity index (χ4v) is 2.29. The molecule has 0 radical (unpaired) electrons. The van der Waals surface area contributed by atoms with Crippen LogP contribution < -0.4 is 5.32 Å². The van der Waals surface area contributed by atoms with Gasteiger partial charge in [0.15, 0.2) is 11.9 Å². The minimum atomic E-state index is -0.878. The van der Waals surface area contributed by atoms with E-state index in [2.05, 4.69) is 5.32 Å². The molecule has 25 heavy (non-hydrogen) atoms. The molecule has 1 aromatic heterocycles. The summed E-state index contributed by atoms with van der Waals surface area (Å²) >= 11 is 0. The zero-order valence-electron chi connectivity index (χ0n) is 14.1. The number of esters is 1. The van der Waals surface area contributed by atoms with E-state index in [1.807, 2.05) is 0 Å². The van der Waals surface area contributed by atoms with Gasteiger partial charge >= 0.3 is 5.97 Å². The van der Waals surface area contributed by atoms with Gasteiger partial charge in [-0.15, -0.1) is 0 Å². The highest BCUT2D eigenvalue weighted by Crippen LogP contribution is 2.23. The van der Waals surface area contributed by atoms with Crippen molar-refractivity contribution in [2.24, 2.45) is 0 Å². The first-order valence-corrected chi connectivity index (χ1v) is 8.16. The molecule has 1 aliphatic rings. The van der Waals surface area contributed by atoms with E-state index < -0.39 is 12.1 Å². The maximum atomic E-state index is 12.1. The third kappa shape index (κ3) is 4.15. The number of hydrogen-bond donors (Lipinski definition) is 1. The van der Waals surface area contributed by atoms with Crippen LogP contribution >= 0.6 is 0 Å². The van der Waals surface area contributed by atoms with E-state index in [-0.39, 0.29) is 23.5 Å². The maximum Gasteiger partial charge on any atom is 0.375 e. The highest BCUT2D eigenvalue weighted by atomic mass is 16.6. The second-order valence-corrected chi connectivity index (χ2v) is 6.13. The third-order valence-corrected chi connectivity index (χ3v) is 3.96. The SMILES string of the molecule is CC(=O)c1ccc(-c2ccc(C(=O)O[C@@H](C)C(=O)NC3CC3)o2)cc1. The lowest BCUT2D eigenvalue weighted by Gasteiger charge is -2.12. The Hall–Kier alpha value is -2.89. The van der Waals surface area contributed by atoms with Gasteiger partial charge in [0.1, 0.15) is 5.76 Å². The van der Waals surface area contributed by atoms with Gasteiger partial charge < -0.3 is 14.5 Å².